The van der Waals surface area contributed by atoms with E-state index >= 15 is 0 Å². The highest BCUT2D eigenvalue weighted by Crippen LogP contribution is 2.12. The van der Waals surface area contributed by atoms with Crippen LogP contribution in [0.25, 0.3) is 0 Å². The van der Waals surface area contributed by atoms with Crippen LogP contribution in [0.15, 0.2) is 0 Å². The molecule has 0 rings (SSSR count). The second-order valence-corrected chi connectivity index (χ2v) is 9.05. The van der Waals surface area contributed by atoms with Gasteiger partial charge in [-0.2, -0.15) is 0 Å². The van der Waals surface area contributed by atoms with Crippen molar-refractivity contribution in [3.05, 3.63) is 0 Å². The molecule has 0 heterocycles. The molecule has 0 aliphatic heterocycles. The largest absolute Gasteiger partial charge is 0.297 e. The first kappa shape index (κ1) is 18.5. The van der Waals surface area contributed by atoms with Crippen molar-refractivity contribution in [3.8, 4) is 0 Å². The molecule has 110 valence electrons. The topological polar surface area (TPSA) is 3.24 Å². The minimum atomic E-state index is 0.147. The molecule has 0 amide bonds. The van der Waals surface area contributed by atoms with Gasteiger partial charge in [0.15, 0.2) is 0 Å². The lowest BCUT2D eigenvalue weighted by atomic mass is 10.0. The zero-order valence-corrected chi connectivity index (χ0v) is 14.5. The third kappa shape index (κ3) is 14.6. The maximum Gasteiger partial charge on any atom is 0.0484 e. The van der Waals surface area contributed by atoms with E-state index in [1.165, 1.54) is 57.9 Å². The molecule has 0 aliphatic carbocycles. The Labute approximate surface area is 122 Å². The van der Waals surface area contributed by atoms with Gasteiger partial charge >= 0.3 is 0 Å². The minimum absolute atomic E-state index is 0.147. The quantitative estimate of drug-likeness (QED) is 0.491. The van der Waals surface area contributed by atoms with Gasteiger partial charge in [0, 0.05) is 5.88 Å². The average Bonchev–Trinajstić information content (AvgIpc) is 2.25. The zero-order chi connectivity index (χ0) is 13.8. The maximum absolute atomic E-state index is 5.22. The number of hydrogen-bond acceptors (Lipinski definition) is 2. The van der Waals surface area contributed by atoms with E-state index in [0.717, 1.165) is 11.8 Å². The molecule has 0 aliphatic rings. The molecule has 0 aromatic carbocycles. The van der Waals surface area contributed by atoms with Crippen molar-refractivity contribution in [2.75, 3.05) is 25.7 Å². The highest BCUT2D eigenvalue weighted by Gasteiger charge is 1.98. The number of hydrogen-bond donors (Lipinski definition) is 0. The summed E-state index contributed by atoms with van der Waals surface area (Å²) in [6.07, 6.45) is 13.4. The van der Waals surface area contributed by atoms with Crippen molar-refractivity contribution in [1.29, 1.82) is 0 Å². The van der Waals surface area contributed by atoms with Crippen molar-refractivity contribution >= 4 is 20.6 Å². The first-order valence-electron chi connectivity index (χ1n) is 7.51. The Hall–Kier alpha value is 0.530. The van der Waals surface area contributed by atoms with Crippen LogP contribution in [0.4, 0.5) is 0 Å². The lowest BCUT2D eigenvalue weighted by Crippen LogP contribution is -2.23. The van der Waals surface area contributed by atoms with Crippen LogP contribution in [0.5, 0.6) is 0 Å². The summed E-state index contributed by atoms with van der Waals surface area (Å²) in [4.78, 5) is 2.39. The molecule has 3 heteroatoms. The highest BCUT2D eigenvalue weighted by molar-refractivity contribution is 8.28. The summed E-state index contributed by atoms with van der Waals surface area (Å²) in [5.74, 6) is 1.97. The number of rotatable bonds is 12. The monoisotopic (exact) mass is 291 g/mol. The van der Waals surface area contributed by atoms with Gasteiger partial charge in [0.25, 0.3) is 0 Å². The van der Waals surface area contributed by atoms with Crippen molar-refractivity contribution in [2.24, 2.45) is 5.92 Å². The molecule has 1 atom stereocenters. The molecule has 1 nitrogen and oxygen atoms in total. The molecule has 0 radical (unpaired) electrons. The SMILES string of the molecule is CC(C)CCCCCCCCCN(C)CS(C)=S. The Morgan fingerprint density at radius 2 is 1.44 bits per heavy atom. The van der Waals surface area contributed by atoms with Gasteiger partial charge in [-0.3, -0.25) is 4.90 Å². The maximum atomic E-state index is 5.22. The molecular weight excluding hydrogens is 258 g/mol. The van der Waals surface area contributed by atoms with Gasteiger partial charge in [0.05, 0.1) is 0 Å². The summed E-state index contributed by atoms with van der Waals surface area (Å²) in [7, 11) is 2.34. The van der Waals surface area contributed by atoms with E-state index in [0.29, 0.717) is 0 Å². The highest BCUT2D eigenvalue weighted by atomic mass is 32.8. The lowest BCUT2D eigenvalue weighted by Gasteiger charge is -2.15. The average molecular weight is 292 g/mol. The summed E-state index contributed by atoms with van der Waals surface area (Å²) in [6, 6.07) is 0. The van der Waals surface area contributed by atoms with E-state index in [1.807, 2.05) is 0 Å². The zero-order valence-electron chi connectivity index (χ0n) is 12.9. The van der Waals surface area contributed by atoms with Crippen molar-refractivity contribution in [3.63, 3.8) is 0 Å². The third-order valence-electron chi connectivity index (χ3n) is 3.22. The molecule has 0 saturated carbocycles. The molecule has 1 unspecified atom stereocenters. The summed E-state index contributed by atoms with van der Waals surface area (Å²) in [6.45, 7) is 5.86. The van der Waals surface area contributed by atoms with Crippen LogP contribution in [-0.4, -0.2) is 30.6 Å². The summed E-state index contributed by atoms with van der Waals surface area (Å²) in [5, 5.41) is 0. The fourth-order valence-electron chi connectivity index (χ4n) is 2.19. The van der Waals surface area contributed by atoms with E-state index in [2.05, 4.69) is 32.1 Å². The predicted octanol–water partition coefficient (Wildman–Crippen LogP) is 4.36. The van der Waals surface area contributed by atoms with Crippen LogP contribution in [0.2, 0.25) is 0 Å². The van der Waals surface area contributed by atoms with Gasteiger partial charge in [0.2, 0.25) is 0 Å². The normalized spacial score (nSPS) is 13.4. The van der Waals surface area contributed by atoms with Gasteiger partial charge in [-0.05, 0) is 32.2 Å². The van der Waals surface area contributed by atoms with Crippen LogP contribution in [0.3, 0.4) is 0 Å². The first-order chi connectivity index (χ1) is 8.52. The third-order valence-corrected chi connectivity index (χ3v) is 4.34. The summed E-state index contributed by atoms with van der Waals surface area (Å²) >= 11 is 5.22. The Morgan fingerprint density at radius 1 is 0.944 bits per heavy atom. The van der Waals surface area contributed by atoms with Gasteiger partial charge in [0.1, 0.15) is 0 Å². The van der Waals surface area contributed by atoms with Gasteiger partial charge in [-0.15, -0.1) is 9.45 Å². The number of unbranched alkanes of at least 4 members (excludes halogenated alkanes) is 6. The molecular formula is C15H33NS2. The van der Waals surface area contributed by atoms with Gasteiger partial charge in [-0.1, -0.05) is 70.0 Å². The predicted molar refractivity (Wildman–Crippen MR) is 89.9 cm³/mol. The fraction of sp³-hybridized carbons (Fsp3) is 1.00. The van der Waals surface area contributed by atoms with Crippen LogP contribution in [0, 0.1) is 5.92 Å². The smallest absolute Gasteiger partial charge is 0.0484 e. The molecule has 0 bridgehead atoms. The Balaban J connectivity index is 3.14. The van der Waals surface area contributed by atoms with E-state index in [1.54, 1.807) is 0 Å². The first-order valence-corrected chi connectivity index (χ1v) is 10.2. The Morgan fingerprint density at radius 3 is 1.94 bits per heavy atom. The number of nitrogens with zero attached hydrogens (tertiary/aromatic N) is 1. The van der Waals surface area contributed by atoms with Crippen LogP contribution in [-0.2, 0) is 20.6 Å². The van der Waals surface area contributed by atoms with Gasteiger partial charge in [-0.25, -0.2) is 0 Å². The lowest BCUT2D eigenvalue weighted by molar-refractivity contribution is 0.375. The van der Waals surface area contributed by atoms with Gasteiger partial charge < -0.3 is 0 Å². The van der Waals surface area contributed by atoms with E-state index in [9.17, 15) is 0 Å². The summed E-state index contributed by atoms with van der Waals surface area (Å²) in [5.41, 5.74) is 0. The van der Waals surface area contributed by atoms with E-state index < -0.39 is 0 Å². The Kier molecular flexibility index (Phi) is 12.9. The standard InChI is InChI=1S/C15H33NS2/c1-15(2)12-10-8-6-5-7-9-11-13-16(3)14-18(4)17/h15H,5-14H2,1-4H3. The van der Waals surface area contributed by atoms with Crippen LogP contribution in [0.1, 0.15) is 65.2 Å². The van der Waals surface area contributed by atoms with Crippen molar-refractivity contribution < 1.29 is 0 Å². The molecule has 18 heavy (non-hydrogen) atoms. The Bertz CT molecular complexity index is 205. The van der Waals surface area contributed by atoms with Crippen LogP contribution >= 0.6 is 0 Å². The second-order valence-electron chi connectivity index (χ2n) is 5.94. The van der Waals surface area contributed by atoms with E-state index in [-0.39, 0.29) is 9.45 Å². The van der Waals surface area contributed by atoms with Crippen molar-refractivity contribution in [1.82, 2.24) is 4.90 Å². The van der Waals surface area contributed by atoms with Crippen LogP contribution < -0.4 is 0 Å². The minimum Gasteiger partial charge on any atom is -0.297 e. The van der Waals surface area contributed by atoms with E-state index in [4.69, 9.17) is 11.2 Å². The fourth-order valence-corrected chi connectivity index (χ4v) is 3.48. The molecule has 0 aromatic heterocycles. The van der Waals surface area contributed by atoms with Crippen molar-refractivity contribution in [2.45, 2.75) is 65.2 Å². The molecule has 0 saturated heterocycles. The molecule has 0 fully saturated rings. The molecule has 0 aromatic rings. The molecule has 0 spiro atoms. The summed E-state index contributed by atoms with van der Waals surface area (Å²) < 4.78 is 0. The molecule has 0 N–H and O–H groups in total. The second kappa shape index (κ2) is 12.6.